The van der Waals surface area contributed by atoms with Gasteiger partial charge in [-0.05, 0) is 25.2 Å². The molecule has 88 valence electrons. The molecular weight excluding hydrogens is 188 g/mol. The first-order valence-electron chi connectivity index (χ1n) is 6.43. The average Bonchev–Trinajstić information content (AvgIpc) is 2.30. The van der Waals surface area contributed by atoms with Gasteiger partial charge < -0.3 is 4.74 Å². The molecule has 2 nitrogen and oxygen atoms in total. The van der Waals surface area contributed by atoms with E-state index in [1.165, 1.54) is 32.1 Å². The van der Waals surface area contributed by atoms with Crippen LogP contribution < -0.4 is 0 Å². The van der Waals surface area contributed by atoms with Crippen LogP contribution in [-0.4, -0.2) is 18.5 Å². The normalized spacial score (nSPS) is 20.1. The molecule has 0 N–H and O–H groups in total. The van der Waals surface area contributed by atoms with Crippen molar-refractivity contribution in [2.24, 2.45) is 5.92 Å². The third kappa shape index (κ3) is 3.94. The van der Waals surface area contributed by atoms with Crippen LogP contribution in [0.4, 0.5) is 0 Å². The van der Waals surface area contributed by atoms with E-state index < -0.39 is 0 Å². The van der Waals surface area contributed by atoms with E-state index in [2.05, 4.69) is 6.92 Å². The zero-order valence-corrected chi connectivity index (χ0v) is 10.1. The number of ether oxygens (including phenoxy) is 1. The molecule has 2 heteroatoms. The summed E-state index contributed by atoms with van der Waals surface area (Å²) >= 11 is 0. The lowest BCUT2D eigenvalue weighted by atomic mass is 9.83. The average molecular weight is 212 g/mol. The number of rotatable bonds is 6. The van der Waals surface area contributed by atoms with Gasteiger partial charge in [0, 0.05) is 13.0 Å². The number of carbonyl (C=O) groups is 1. The largest absolute Gasteiger partial charge is 0.370 e. The highest BCUT2D eigenvalue weighted by Gasteiger charge is 2.28. The SMILES string of the molecule is CCCOC(C(=O)CC)C1CCCCC1. The van der Waals surface area contributed by atoms with Crippen LogP contribution in [-0.2, 0) is 9.53 Å². The van der Waals surface area contributed by atoms with Gasteiger partial charge >= 0.3 is 0 Å². The van der Waals surface area contributed by atoms with Gasteiger partial charge in [-0.3, -0.25) is 4.79 Å². The highest BCUT2D eigenvalue weighted by molar-refractivity contribution is 5.83. The first kappa shape index (κ1) is 12.7. The molecule has 1 saturated carbocycles. The number of carbonyl (C=O) groups excluding carboxylic acids is 1. The number of ketones is 1. The van der Waals surface area contributed by atoms with Gasteiger partial charge in [0.05, 0.1) is 0 Å². The Bertz CT molecular complexity index is 183. The summed E-state index contributed by atoms with van der Waals surface area (Å²) in [6.07, 6.45) is 7.75. The number of hydrogen-bond donors (Lipinski definition) is 0. The van der Waals surface area contributed by atoms with Crippen molar-refractivity contribution in [3.63, 3.8) is 0 Å². The molecule has 0 amide bonds. The molecule has 1 atom stereocenters. The summed E-state index contributed by atoms with van der Waals surface area (Å²) in [5.41, 5.74) is 0. The minimum absolute atomic E-state index is 0.102. The van der Waals surface area contributed by atoms with Crippen molar-refractivity contribution in [2.45, 2.75) is 64.9 Å². The van der Waals surface area contributed by atoms with Gasteiger partial charge in [0.15, 0.2) is 5.78 Å². The van der Waals surface area contributed by atoms with Crippen LogP contribution in [0.5, 0.6) is 0 Å². The van der Waals surface area contributed by atoms with Crippen LogP contribution in [0.1, 0.15) is 58.8 Å². The second kappa shape index (κ2) is 7.00. The smallest absolute Gasteiger partial charge is 0.161 e. The molecule has 0 aliphatic heterocycles. The Balaban J connectivity index is 2.49. The second-order valence-electron chi connectivity index (χ2n) is 4.51. The highest BCUT2D eigenvalue weighted by atomic mass is 16.5. The molecule has 0 bridgehead atoms. The Labute approximate surface area is 93.4 Å². The lowest BCUT2D eigenvalue weighted by Gasteiger charge is -2.29. The Morgan fingerprint density at radius 3 is 2.47 bits per heavy atom. The van der Waals surface area contributed by atoms with Crippen molar-refractivity contribution in [1.82, 2.24) is 0 Å². The maximum atomic E-state index is 11.8. The number of Topliss-reactive ketones (excluding diaryl/α,β-unsaturated/α-hetero) is 1. The minimum atomic E-state index is -0.102. The molecule has 15 heavy (non-hydrogen) atoms. The summed E-state index contributed by atoms with van der Waals surface area (Å²) in [5.74, 6) is 0.799. The maximum Gasteiger partial charge on any atom is 0.161 e. The standard InChI is InChI=1S/C13H24O2/c1-3-10-15-13(12(14)4-2)11-8-6-5-7-9-11/h11,13H,3-10H2,1-2H3. The van der Waals surface area contributed by atoms with Gasteiger partial charge in [-0.1, -0.05) is 33.1 Å². The molecule has 0 heterocycles. The second-order valence-corrected chi connectivity index (χ2v) is 4.51. The van der Waals surface area contributed by atoms with Crippen molar-refractivity contribution in [1.29, 1.82) is 0 Å². The molecule has 0 spiro atoms. The first-order chi connectivity index (χ1) is 7.29. The van der Waals surface area contributed by atoms with Gasteiger partial charge in [0.2, 0.25) is 0 Å². The lowest BCUT2D eigenvalue weighted by Crippen LogP contribution is -2.33. The molecule has 1 fully saturated rings. The molecule has 0 aromatic heterocycles. The van der Waals surface area contributed by atoms with E-state index in [1.807, 2.05) is 6.92 Å². The molecular formula is C13H24O2. The van der Waals surface area contributed by atoms with Crippen LogP contribution in [0.3, 0.4) is 0 Å². The molecule has 1 aliphatic carbocycles. The minimum Gasteiger partial charge on any atom is -0.370 e. The van der Waals surface area contributed by atoms with Crippen LogP contribution in [0.25, 0.3) is 0 Å². The summed E-state index contributed by atoms with van der Waals surface area (Å²) in [5, 5.41) is 0. The quantitative estimate of drug-likeness (QED) is 0.675. The van der Waals surface area contributed by atoms with Crippen LogP contribution in [0.2, 0.25) is 0 Å². The maximum absolute atomic E-state index is 11.8. The van der Waals surface area contributed by atoms with Crippen molar-refractivity contribution < 1.29 is 9.53 Å². The van der Waals surface area contributed by atoms with E-state index in [0.29, 0.717) is 18.1 Å². The Kier molecular flexibility index (Phi) is 5.92. The topological polar surface area (TPSA) is 26.3 Å². The molecule has 1 aliphatic rings. The monoisotopic (exact) mass is 212 g/mol. The van der Waals surface area contributed by atoms with Crippen LogP contribution >= 0.6 is 0 Å². The molecule has 0 aromatic rings. The Hall–Kier alpha value is -0.370. The highest BCUT2D eigenvalue weighted by Crippen LogP contribution is 2.28. The lowest BCUT2D eigenvalue weighted by molar-refractivity contribution is -0.134. The van der Waals surface area contributed by atoms with E-state index in [-0.39, 0.29) is 6.10 Å². The molecule has 1 unspecified atom stereocenters. The Morgan fingerprint density at radius 1 is 1.27 bits per heavy atom. The zero-order valence-electron chi connectivity index (χ0n) is 10.1. The van der Waals surface area contributed by atoms with Crippen molar-refractivity contribution in [2.75, 3.05) is 6.61 Å². The third-order valence-corrected chi connectivity index (χ3v) is 3.25. The van der Waals surface area contributed by atoms with E-state index >= 15 is 0 Å². The fraction of sp³-hybridized carbons (Fsp3) is 0.923. The van der Waals surface area contributed by atoms with E-state index in [0.717, 1.165) is 13.0 Å². The summed E-state index contributed by atoms with van der Waals surface area (Å²) in [7, 11) is 0. The predicted octanol–water partition coefficient (Wildman–Crippen LogP) is 3.34. The predicted molar refractivity (Wildman–Crippen MR) is 61.9 cm³/mol. The Morgan fingerprint density at radius 2 is 1.93 bits per heavy atom. The van der Waals surface area contributed by atoms with E-state index in [9.17, 15) is 4.79 Å². The van der Waals surface area contributed by atoms with Crippen molar-refractivity contribution in [3.8, 4) is 0 Å². The molecule has 1 rings (SSSR count). The molecule has 0 aromatic carbocycles. The van der Waals surface area contributed by atoms with Crippen molar-refractivity contribution >= 4 is 5.78 Å². The summed E-state index contributed by atoms with van der Waals surface area (Å²) in [6.45, 7) is 4.76. The zero-order chi connectivity index (χ0) is 11.1. The molecule has 0 saturated heterocycles. The number of hydrogen-bond acceptors (Lipinski definition) is 2. The summed E-state index contributed by atoms with van der Waals surface area (Å²) < 4.78 is 5.73. The fourth-order valence-corrected chi connectivity index (χ4v) is 2.37. The van der Waals surface area contributed by atoms with Gasteiger partial charge in [-0.2, -0.15) is 0 Å². The molecule has 0 radical (unpaired) electrons. The van der Waals surface area contributed by atoms with E-state index in [1.54, 1.807) is 0 Å². The van der Waals surface area contributed by atoms with Gasteiger partial charge in [0.1, 0.15) is 6.10 Å². The summed E-state index contributed by atoms with van der Waals surface area (Å²) in [4.78, 5) is 11.8. The summed E-state index contributed by atoms with van der Waals surface area (Å²) in [6, 6.07) is 0. The van der Waals surface area contributed by atoms with Gasteiger partial charge in [-0.15, -0.1) is 0 Å². The first-order valence-corrected chi connectivity index (χ1v) is 6.43. The van der Waals surface area contributed by atoms with Crippen molar-refractivity contribution in [3.05, 3.63) is 0 Å². The fourth-order valence-electron chi connectivity index (χ4n) is 2.37. The van der Waals surface area contributed by atoms with Gasteiger partial charge in [0.25, 0.3) is 0 Å². The van der Waals surface area contributed by atoms with E-state index in [4.69, 9.17) is 4.74 Å². The van der Waals surface area contributed by atoms with Gasteiger partial charge in [-0.25, -0.2) is 0 Å². The van der Waals surface area contributed by atoms with Crippen LogP contribution in [0.15, 0.2) is 0 Å². The third-order valence-electron chi connectivity index (χ3n) is 3.25. The van der Waals surface area contributed by atoms with Crippen LogP contribution in [0, 0.1) is 5.92 Å².